The first-order valence-corrected chi connectivity index (χ1v) is 7.80. The quantitative estimate of drug-likeness (QED) is 0.687. The van der Waals surface area contributed by atoms with Gasteiger partial charge in [0.1, 0.15) is 17.1 Å². The van der Waals surface area contributed by atoms with Crippen LogP contribution in [0.4, 0.5) is 11.5 Å². The molecule has 2 heterocycles. The maximum Gasteiger partial charge on any atom is 0.309 e. The van der Waals surface area contributed by atoms with Crippen molar-refractivity contribution < 1.29 is 14.6 Å². The van der Waals surface area contributed by atoms with Gasteiger partial charge < -0.3 is 9.84 Å². The molecule has 0 amide bonds. The Balaban J connectivity index is 2.09. The number of fused-ring (bicyclic) bond motifs is 1. The van der Waals surface area contributed by atoms with Crippen LogP contribution in [0, 0.1) is 6.92 Å². The van der Waals surface area contributed by atoms with E-state index in [0.717, 1.165) is 5.56 Å². The Morgan fingerprint density at radius 3 is 2.84 bits per heavy atom. The Hall–Kier alpha value is -2.93. The third-order valence-electron chi connectivity index (χ3n) is 3.55. The van der Waals surface area contributed by atoms with Gasteiger partial charge in [-0.15, -0.1) is 10.2 Å². The number of carbonyl (C=O) groups is 1. The summed E-state index contributed by atoms with van der Waals surface area (Å²) in [5, 5.41) is 17.9. The molecular weight excluding hydrogens is 344 g/mol. The number of nitrogens with zero attached hydrogens (tertiary/aromatic N) is 4. The fraction of sp³-hybridized carbons (Fsp3) is 0.176. The second kappa shape index (κ2) is 6.90. The summed E-state index contributed by atoms with van der Waals surface area (Å²) in [5.74, 6) is -0.0369. The molecular formula is C17H15ClN4O3. The molecule has 0 aliphatic rings. The summed E-state index contributed by atoms with van der Waals surface area (Å²) in [6.07, 6.45) is 1.53. The topological polar surface area (TPSA) is 88.5 Å². The number of carboxylic acid groups (broad SMARTS) is 1. The summed E-state index contributed by atoms with van der Waals surface area (Å²) in [4.78, 5) is 15.5. The van der Waals surface area contributed by atoms with Crippen LogP contribution < -0.4 is 4.74 Å². The van der Waals surface area contributed by atoms with Gasteiger partial charge in [-0.05, 0) is 36.8 Å². The highest BCUT2D eigenvalue weighted by atomic mass is 35.5. The van der Waals surface area contributed by atoms with E-state index in [2.05, 4.69) is 15.2 Å². The second-order valence-electron chi connectivity index (χ2n) is 5.40. The Labute approximate surface area is 148 Å². The molecule has 1 N–H and O–H groups in total. The van der Waals surface area contributed by atoms with Crippen LogP contribution in [0.3, 0.4) is 0 Å². The van der Waals surface area contributed by atoms with Gasteiger partial charge in [0.05, 0.1) is 24.2 Å². The van der Waals surface area contributed by atoms with Crippen molar-refractivity contribution in [1.29, 1.82) is 0 Å². The number of aryl methyl sites for hydroxylation is 1. The summed E-state index contributed by atoms with van der Waals surface area (Å²) in [6.45, 7) is 1.93. The number of benzene rings is 1. The maximum absolute atomic E-state index is 11.1. The SMILES string of the molecule is COc1ccc(Cl)c(N=Nc2c(CC(=O)O)nc3cc(C)ccn23)c1. The molecule has 3 aromatic rings. The van der Waals surface area contributed by atoms with E-state index < -0.39 is 5.97 Å². The van der Waals surface area contributed by atoms with E-state index >= 15 is 0 Å². The number of aliphatic carboxylic acids is 1. The van der Waals surface area contributed by atoms with E-state index in [1.165, 1.54) is 0 Å². The van der Waals surface area contributed by atoms with E-state index in [-0.39, 0.29) is 6.42 Å². The average molecular weight is 359 g/mol. The first-order valence-electron chi connectivity index (χ1n) is 7.42. The van der Waals surface area contributed by atoms with Gasteiger partial charge in [-0.2, -0.15) is 0 Å². The fourth-order valence-corrected chi connectivity index (χ4v) is 2.50. The van der Waals surface area contributed by atoms with Gasteiger partial charge in [0.15, 0.2) is 5.82 Å². The first-order chi connectivity index (χ1) is 12.0. The molecule has 0 radical (unpaired) electrons. The highest BCUT2D eigenvalue weighted by Gasteiger charge is 2.15. The van der Waals surface area contributed by atoms with E-state index in [4.69, 9.17) is 21.4 Å². The number of ether oxygens (including phenoxy) is 1. The van der Waals surface area contributed by atoms with Crippen molar-refractivity contribution in [3.8, 4) is 5.75 Å². The number of carboxylic acids is 1. The molecule has 0 saturated heterocycles. The summed E-state index contributed by atoms with van der Waals surface area (Å²) >= 11 is 6.13. The van der Waals surface area contributed by atoms with Gasteiger partial charge in [-0.1, -0.05) is 11.6 Å². The lowest BCUT2D eigenvalue weighted by Gasteiger charge is -2.02. The smallest absolute Gasteiger partial charge is 0.309 e. The third-order valence-corrected chi connectivity index (χ3v) is 3.87. The predicted octanol–water partition coefficient (Wildman–Crippen LogP) is 4.35. The number of azo groups is 1. The van der Waals surface area contributed by atoms with Gasteiger partial charge >= 0.3 is 5.97 Å². The molecule has 0 atom stereocenters. The van der Waals surface area contributed by atoms with Gasteiger partial charge in [-0.25, -0.2) is 4.98 Å². The standard InChI is InChI=1S/C17H15ClN4O3/c1-10-5-6-22-15(7-10)19-14(9-16(23)24)17(22)21-20-13-8-11(25-2)3-4-12(13)18/h3-8H,9H2,1-2H3,(H,23,24). The minimum atomic E-state index is -0.990. The molecule has 0 aliphatic carbocycles. The predicted molar refractivity (Wildman–Crippen MR) is 93.4 cm³/mol. The lowest BCUT2D eigenvalue weighted by Crippen LogP contribution is -2.00. The number of methoxy groups -OCH3 is 1. The van der Waals surface area contributed by atoms with Crippen LogP contribution in [0.15, 0.2) is 46.8 Å². The molecule has 7 nitrogen and oxygen atoms in total. The number of hydrogen-bond acceptors (Lipinski definition) is 5. The summed E-state index contributed by atoms with van der Waals surface area (Å²) in [6, 6.07) is 8.76. The molecule has 0 fully saturated rings. The van der Waals surface area contributed by atoms with Crippen molar-refractivity contribution in [1.82, 2.24) is 9.38 Å². The molecule has 2 aromatic heterocycles. The number of hydrogen-bond donors (Lipinski definition) is 1. The summed E-state index contributed by atoms with van der Waals surface area (Å²) in [5.41, 5.74) is 2.38. The van der Waals surface area contributed by atoms with Crippen LogP contribution in [-0.2, 0) is 11.2 Å². The number of aromatic nitrogens is 2. The molecule has 0 aliphatic heterocycles. The van der Waals surface area contributed by atoms with Crippen LogP contribution in [-0.4, -0.2) is 27.6 Å². The lowest BCUT2D eigenvalue weighted by atomic mass is 10.3. The highest BCUT2D eigenvalue weighted by molar-refractivity contribution is 6.33. The summed E-state index contributed by atoms with van der Waals surface area (Å²) < 4.78 is 6.85. The molecule has 0 unspecified atom stereocenters. The molecule has 128 valence electrons. The van der Waals surface area contributed by atoms with Gasteiger partial charge in [-0.3, -0.25) is 9.20 Å². The van der Waals surface area contributed by atoms with Crippen molar-refractivity contribution in [2.45, 2.75) is 13.3 Å². The van der Waals surface area contributed by atoms with Crippen LogP contribution in [0.25, 0.3) is 5.65 Å². The third kappa shape index (κ3) is 3.61. The molecule has 0 spiro atoms. The van der Waals surface area contributed by atoms with Crippen LogP contribution in [0.5, 0.6) is 5.75 Å². The van der Waals surface area contributed by atoms with Crippen LogP contribution >= 0.6 is 11.6 Å². The van der Waals surface area contributed by atoms with Crippen molar-refractivity contribution in [2.75, 3.05) is 7.11 Å². The number of pyridine rings is 1. The van der Waals surface area contributed by atoms with Crippen LogP contribution in [0.1, 0.15) is 11.3 Å². The average Bonchev–Trinajstić information content (AvgIpc) is 2.89. The lowest BCUT2D eigenvalue weighted by molar-refractivity contribution is -0.136. The van der Waals surface area contributed by atoms with E-state index in [0.29, 0.717) is 33.6 Å². The minimum absolute atomic E-state index is 0.249. The van der Waals surface area contributed by atoms with E-state index in [1.54, 1.807) is 35.9 Å². The zero-order chi connectivity index (χ0) is 18.0. The molecule has 1 aromatic carbocycles. The Kier molecular flexibility index (Phi) is 4.67. The number of halogens is 1. The Bertz CT molecular complexity index is 981. The van der Waals surface area contributed by atoms with Crippen molar-refractivity contribution in [3.05, 3.63) is 52.8 Å². The molecule has 8 heteroatoms. The van der Waals surface area contributed by atoms with E-state index in [9.17, 15) is 4.79 Å². The zero-order valence-corrected chi connectivity index (χ0v) is 14.4. The monoisotopic (exact) mass is 358 g/mol. The second-order valence-corrected chi connectivity index (χ2v) is 5.81. The van der Waals surface area contributed by atoms with Crippen molar-refractivity contribution >= 4 is 34.7 Å². The maximum atomic E-state index is 11.1. The molecule has 0 saturated carbocycles. The zero-order valence-electron chi connectivity index (χ0n) is 13.6. The van der Waals surface area contributed by atoms with Gasteiger partial charge in [0.2, 0.25) is 0 Å². The first kappa shape index (κ1) is 16.9. The Morgan fingerprint density at radius 1 is 1.32 bits per heavy atom. The molecule has 3 rings (SSSR count). The van der Waals surface area contributed by atoms with Crippen molar-refractivity contribution in [2.24, 2.45) is 10.2 Å². The van der Waals surface area contributed by atoms with Crippen LogP contribution in [0.2, 0.25) is 5.02 Å². The van der Waals surface area contributed by atoms with Gasteiger partial charge in [0, 0.05) is 12.3 Å². The Morgan fingerprint density at radius 2 is 2.12 bits per heavy atom. The molecule has 0 bridgehead atoms. The van der Waals surface area contributed by atoms with Gasteiger partial charge in [0.25, 0.3) is 0 Å². The van der Waals surface area contributed by atoms with Crippen molar-refractivity contribution in [3.63, 3.8) is 0 Å². The highest BCUT2D eigenvalue weighted by Crippen LogP contribution is 2.32. The minimum Gasteiger partial charge on any atom is -0.497 e. The normalized spacial score (nSPS) is 11.3. The van der Waals surface area contributed by atoms with E-state index in [1.807, 2.05) is 19.1 Å². The summed E-state index contributed by atoms with van der Waals surface area (Å²) in [7, 11) is 1.54. The fourth-order valence-electron chi connectivity index (χ4n) is 2.35. The molecule has 25 heavy (non-hydrogen) atoms. The number of imidazole rings is 1. The largest absolute Gasteiger partial charge is 0.497 e. The number of rotatable bonds is 5.